The van der Waals surface area contributed by atoms with Crippen LogP contribution in [0.4, 0.5) is 0 Å². The molecule has 0 N–H and O–H groups in total. The molecule has 0 heterocycles. The molecular formula is C26H22. The number of fused-ring (bicyclic) bond motifs is 3. The Hall–Kier alpha value is -2.86. The highest BCUT2D eigenvalue weighted by atomic mass is 14.5. The lowest BCUT2D eigenvalue weighted by Gasteiger charge is -2.52. The predicted octanol–water partition coefficient (Wildman–Crippen LogP) is 6.54. The molecule has 0 unspecified atom stereocenters. The molecule has 26 heavy (non-hydrogen) atoms. The molecule has 1 fully saturated rings. The average molecular weight is 334 g/mol. The highest BCUT2D eigenvalue weighted by Gasteiger charge is 2.50. The molecule has 0 bridgehead atoms. The van der Waals surface area contributed by atoms with Gasteiger partial charge < -0.3 is 0 Å². The van der Waals surface area contributed by atoms with Crippen LogP contribution in [0.15, 0.2) is 97.1 Å². The van der Waals surface area contributed by atoms with Gasteiger partial charge in [0.1, 0.15) is 0 Å². The van der Waals surface area contributed by atoms with Crippen LogP contribution < -0.4 is 0 Å². The maximum absolute atomic E-state index is 2.45. The van der Waals surface area contributed by atoms with Gasteiger partial charge in [0.2, 0.25) is 0 Å². The van der Waals surface area contributed by atoms with Gasteiger partial charge >= 0.3 is 0 Å². The van der Waals surface area contributed by atoms with Crippen LogP contribution in [0.1, 0.15) is 34.1 Å². The van der Waals surface area contributed by atoms with Gasteiger partial charge in [-0.25, -0.2) is 0 Å². The van der Waals surface area contributed by atoms with E-state index in [2.05, 4.69) is 109 Å². The van der Waals surface area contributed by atoms with Crippen molar-refractivity contribution in [3.05, 3.63) is 119 Å². The summed E-state index contributed by atoms with van der Waals surface area (Å²) in [4.78, 5) is 0. The molecule has 4 atom stereocenters. The maximum atomic E-state index is 2.45. The van der Waals surface area contributed by atoms with Crippen LogP contribution in [0.2, 0.25) is 0 Å². The van der Waals surface area contributed by atoms with Gasteiger partial charge in [0.05, 0.1) is 0 Å². The van der Waals surface area contributed by atoms with Crippen LogP contribution in [0.25, 0.3) is 12.2 Å². The molecule has 3 aromatic carbocycles. The molecule has 2 aliphatic carbocycles. The van der Waals surface area contributed by atoms with Crippen molar-refractivity contribution in [1.29, 1.82) is 0 Å². The molecule has 0 aromatic heterocycles. The molecule has 0 radical (unpaired) electrons. The van der Waals surface area contributed by atoms with E-state index in [9.17, 15) is 0 Å². The third kappa shape index (κ3) is 2.54. The van der Waals surface area contributed by atoms with Crippen LogP contribution in [-0.4, -0.2) is 0 Å². The van der Waals surface area contributed by atoms with Crippen molar-refractivity contribution < 1.29 is 0 Å². The molecule has 0 spiro atoms. The Morgan fingerprint density at radius 3 is 2.15 bits per heavy atom. The Morgan fingerprint density at radius 1 is 0.654 bits per heavy atom. The number of rotatable bonds is 3. The second-order valence-electron chi connectivity index (χ2n) is 7.37. The summed E-state index contributed by atoms with van der Waals surface area (Å²) in [5, 5.41) is 0. The standard InChI is InChI=1S/C26H22/c1-3-9-19(10-4-1)15-17-23-25(21-12-5-2-6-13-21)24-18-16-20-11-7-8-14-22(20)26(23)24/h1-18,23-26H/b17-15+/t23-,24+,25+,26-/m0/s1. The van der Waals surface area contributed by atoms with Crippen LogP contribution in [0.5, 0.6) is 0 Å². The van der Waals surface area contributed by atoms with Crippen LogP contribution in [0, 0.1) is 11.8 Å². The van der Waals surface area contributed by atoms with E-state index < -0.39 is 0 Å². The topological polar surface area (TPSA) is 0 Å². The lowest BCUT2D eigenvalue weighted by atomic mass is 9.50. The van der Waals surface area contributed by atoms with Gasteiger partial charge in [-0.3, -0.25) is 0 Å². The molecule has 0 amide bonds. The van der Waals surface area contributed by atoms with E-state index in [1.54, 1.807) is 0 Å². The average Bonchev–Trinajstić information content (AvgIpc) is 2.69. The fourth-order valence-corrected chi connectivity index (χ4v) is 4.80. The SMILES string of the molecule is C1=C[C@H]2[C@@H](c3ccccc31)[C@@H](/C=C/c1ccccc1)[C@H]2c1ccccc1. The summed E-state index contributed by atoms with van der Waals surface area (Å²) in [5.41, 5.74) is 5.64. The van der Waals surface area contributed by atoms with E-state index in [1.165, 1.54) is 22.3 Å². The largest absolute Gasteiger partial charge is 0.0796 e. The highest BCUT2D eigenvalue weighted by molar-refractivity contribution is 5.62. The zero-order valence-electron chi connectivity index (χ0n) is 14.7. The van der Waals surface area contributed by atoms with Crippen molar-refractivity contribution >= 4 is 12.2 Å². The van der Waals surface area contributed by atoms with Gasteiger partial charge in [0.15, 0.2) is 0 Å². The van der Waals surface area contributed by atoms with Crippen LogP contribution >= 0.6 is 0 Å². The minimum Gasteiger partial charge on any atom is -0.0796 e. The lowest BCUT2D eigenvalue weighted by Crippen LogP contribution is -2.42. The zero-order valence-corrected chi connectivity index (χ0v) is 14.7. The van der Waals surface area contributed by atoms with Crippen molar-refractivity contribution in [3.8, 4) is 0 Å². The first-order chi connectivity index (χ1) is 12.9. The number of hydrogen-bond donors (Lipinski definition) is 0. The minimum atomic E-state index is 0.536. The predicted molar refractivity (Wildman–Crippen MR) is 110 cm³/mol. The number of allylic oxidation sites excluding steroid dienone is 2. The molecule has 2 aliphatic rings. The zero-order chi connectivity index (χ0) is 17.3. The van der Waals surface area contributed by atoms with Crippen molar-refractivity contribution in [3.63, 3.8) is 0 Å². The molecule has 0 heteroatoms. The van der Waals surface area contributed by atoms with Crippen molar-refractivity contribution in [2.45, 2.75) is 11.8 Å². The van der Waals surface area contributed by atoms with E-state index in [-0.39, 0.29) is 0 Å². The number of hydrogen-bond acceptors (Lipinski definition) is 0. The first-order valence-corrected chi connectivity index (χ1v) is 9.47. The second kappa shape index (κ2) is 6.46. The molecule has 0 saturated heterocycles. The van der Waals surface area contributed by atoms with Gasteiger partial charge in [-0.05, 0) is 45.9 Å². The lowest BCUT2D eigenvalue weighted by molar-refractivity contribution is 0.176. The summed E-state index contributed by atoms with van der Waals surface area (Å²) < 4.78 is 0. The molecule has 1 saturated carbocycles. The summed E-state index contributed by atoms with van der Waals surface area (Å²) in [6, 6.07) is 30.6. The van der Waals surface area contributed by atoms with Crippen molar-refractivity contribution in [1.82, 2.24) is 0 Å². The number of benzene rings is 3. The normalized spacial score (nSPS) is 26.2. The van der Waals surface area contributed by atoms with E-state index in [4.69, 9.17) is 0 Å². The van der Waals surface area contributed by atoms with Crippen LogP contribution in [-0.2, 0) is 0 Å². The maximum Gasteiger partial charge on any atom is -0.00178 e. The molecular weight excluding hydrogens is 312 g/mol. The highest BCUT2D eigenvalue weighted by Crippen LogP contribution is 2.61. The molecule has 5 rings (SSSR count). The first-order valence-electron chi connectivity index (χ1n) is 9.47. The summed E-state index contributed by atoms with van der Waals surface area (Å²) >= 11 is 0. The Kier molecular flexibility index (Phi) is 3.83. The van der Waals surface area contributed by atoms with Gasteiger partial charge in [0, 0.05) is 0 Å². The van der Waals surface area contributed by atoms with Crippen molar-refractivity contribution in [2.24, 2.45) is 11.8 Å². The van der Waals surface area contributed by atoms with E-state index in [1.807, 2.05) is 0 Å². The van der Waals surface area contributed by atoms with Crippen molar-refractivity contribution in [2.75, 3.05) is 0 Å². The van der Waals surface area contributed by atoms with Gasteiger partial charge in [0.25, 0.3) is 0 Å². The fourth-order valence-electron chi connectivity index (χ4n) is 4.80. The van der Waals surface area contributed by atoms with Gasteiger partial charge in [-0.1, -0.05) is 109 Å². The molecule has 3 aromatic rings. The Bertz CT molecular complexity index is 950. The summed E-state index contributed by atoms with van der Waals surface area (Å²) in [6.45, 7) is 0. The smallest absolute Gasteiger partial charge is 0.00178 e. The van der Waals surface area contributed by atoms with E-state index >= 15 is 0 Å². The summed E-state index contributed by atoms with van der Waals surface area (Å²) in [7, 11) is 0. The Balaban J connectivity index is 1.54. The third-order valence-corrected chi connectivity index (χ3v) is 6.01. The van der Waals surface area contributed by atoms with Gasteiger partial charge in [-0.15, -0.1) is 0 Å². The molecule has 126 valence electrons. The minimum absolute atomic E-state index is 0.536. The van der Waals surface area contributed by atoms with E-state index in [0.29, 0.717) is 23.7 Å². The Morgan fingerprint density at radius 2 is 1.35 bits per heavy atom. The first kappa shape index (κ1) is 15.4. The fraction of sp³-hybridized carbons (Fsp3) is 0.154. The Labute approximate surface area is 155 Å². The molecule has 0 aliphatic heterocycles. The van der Waals surface area contributed by atoms with E-state index in [0.717, 1.165) is 0 Å². The van der Waals surface area contributed by atoms with Crippen LogP contribution in [0.3, 0.4) is 0 Å². The molecule has 0 nitrogen and oxygen atoms in total. The monoisotopic (exact) mass is 334 g/mol. The van der Waals surface area contributed by atoms with Gasteiger partial charge in [-0.2, -0.15) is 0 Å². The second-order valence-corrected chi connectivity index (χ2v) is 7.37. The summed E-state index contributed by atoms with van der Waals surface area (Å²) in [5.74, 6) is 2.28. The summed E-state index contributed by atoms with van der Waals surface area (Å²) in [6.07, 6.45) is 9.52. The third-order valence-electron chi connectivity index (χ3n) is 6.01. The quantitative estimate of drug-likeness (QED) is 0.510.